The topological polar surface area (TPSA) is 68.0 Å². The molecular weight excluding hydrogens is 194 g/mol. The predicted octanol–water partition coefficient (Wildman–Crippen LogP) is 1.13. The van der Waals surface area contributed by atoms with Crippen LogP contribution in [0.25, 0.3) is 11.0 Å². The van der Waals surface area contributed by atoms with E-state index in [0.29, 0.717) is 0 Å². The van der Waals surface area contributed by atoms with E-state index in [4.69, 9.17) is 5.11 Å². The minimum Gasteiger partial charge on any atom is -0.480 e. The minimum atomic E-state index is -0.917. The first-order valence-corrected chi connectivity index (χ1v) is 4.60. The summed E-state index contributed by atoms with van der Waals surface area (Å²) in [5.41, 5.74) is 3.74. The molecule has 0 unspecified atom stereocenters. The lowest BCUT2D eigenvalue weighted by Crippen LogP contribution is -2.10. The second kappa shape index (κ2) is 3.34. The molecule has 0 saturated carbocycles. The molecule has 0 radical (unpaired) electrons. The number of rotatable bonds is 2. The molecule has 0 saturated heterocycles. The Labute approximate surface area is 86.3 Å². The molecule has 15 heavy (non-hydrogen) atoms. The highest BCUT2D eigenvalue weighted by molar-refractivity contribution is 5.78. The molecule has 78 valence electrons. The largest absolute Gasteiger partial charge is 0.480 e. The van der Waals surface area contributed by atoms with Crippen molar-refractivity contribution in [3.05, 3.63) is 23.3 Å². The van der Waals surface area contributed by atoms with Gasteiger partial charge >= 0.3 is 5.97 Å². The summed E-state index contributed by atoms with van der Waals surface area (Å²) in [4.78, 5) is 10.6. The van der Waals surface area contributed by atoms with E-state index in [9.17, 15) is 4.79 Å². The molecule has 1 aromatic heterocycles. The van der Waals surface area contributed by atoms with Gasteiger partial charge in [-0.25, -0.2) is 4.68 Å². The Hall–Kier alpha value is -1.91. The van der Waals surface area contributed by atoms with E-state index in [0.717, 1.165) is 22.2 Å². The third kappa shape index (κ3) is 1.68. The molecule has 5 nitrogen and oxygen atoms in total. The van der Waals surface area contributed by atoms with Gasteiger partial charge in [-0.3, -0.25) is 4.79 Å². The summed E-state index contributed by atoms with van der Waals surface area (Å²) in [5.74, 6) is -0.917. The predicted molar refractivity (Wildman–Crippen MR) is 54.6 cm³/mol. The number of aliphatic carboxylic acids is 1. The Balaban J connectivity index is 2.59. The molecule has 1 heterocycles. The molecule has 5 heteroatoms. The molecule has 0 aliphatic rings. The lowest BCUT2D eigenvalue weighted by Gasteiger charge is -2.01. The molecule has 0 aliphatic heterocycles. The van der Waals surface area contributed by atoms with Crippen molar-refractivity contribution in [3.8, 4) is 0 Å². The van der Waals surface area contributed by atoms with Crippen LogP contribution < -0.4 is 0 Å². The minimum absolute atomic E-state index is 0.154. The summed E-state index contributed by atoms with van der Waals surface area (Å²) in [5, 5.41) is 16.4. The molecule has 0 amide bonds. The third-order valence-corrected chi connectivity index (χ3v) is 2.41. The van der Waals surface area contributed by atoms with Gasteiger partial charge in [0.15, 0.2) is 0 Å². The molecular formula is C10H11N3O2. The first kappa shape index (κ1) is 9.64. The van der Waals surface area contributed by atoms with Crippen LogP contribution in [0.3, 0.4) is 0 Å². The zero-order chi connectivity index (χ0) is 11.0. The van der Waals surface area contributed by atoms with E-state index < -0.39 is 5.97 Å². The number of aryl methyl sites for hydroxylation is 2. The molecule has 0 bridgehead atoms. The van der Waals surface area contributed by atoms with Gasteiger partial charge in [-0.2, -0.15) is 0 Å². The van der Waals surface area contributed by atoms with Crippen molar-refractivity contribution in [3.63, 3.8) is 0 Å². The van der Waals surface area contributed by atoms with Crippen molar-refractivity contribution in [2.24, 2.45) is 0 Å². The van der Waals surface area contributed by atoms with Gasteiger partial charge in [0.2, 0.25) is 0 Å². The number of nitrogens with zero attached hydrogens (tertiary/aromatic N) is 3. The number of carboxylic acid groups (broad SMARTS) is 1. The van der Waals surface area contributed by atoms with Crippen LogP contribution in [0.2, 0.25) is 0 Å². The van der Waals surface area contributed by atoms with Gasteiger partial charge < -0.3 is 5.11 Å². The fourth-order valence-electron chi connectivity index (χ4n) is 1.47. The van der Waals surface area contributed by atoms with Crippen LogP contribution in [0.5, 0.6) is 0 Å². The van der Waals surface area contributed by atoms with Gasteiger partial charge in [0.05, 0.1) is 5.52 Å². The van der Waals surface area contributed by atoms with Crippen molar-refractivity contribution in [1.82, 2.24) is 15.0 Å². The van der Waals surface area contributed by atoms with Crippen LogP contribution >= 0.6 is 0 Å². The van der Waals surface area contributed by atoms with Gasteiger partial charge in [-0.1, -0.05) is 5.21 Å². The first-order chi connectivity index (χ1) is 7.08. The van der Waals surface area contributed by atoms with Crippen molar-refractivity contribution in [1.29, 1.82) is 0 Å². The maximum atomic E-state index is 10.6. The van der Waals surface area contributed by atoms with Crippen LogP contribution in [0.4, 0.5) is 0 Å². The lowest BCUT2D eigenvalue weighted by molar-refractivity contribution is -0.137. The third-order valence-electron chi connectivity index (χ3n) is 2.41. The summed E-state index contributed by atoms with van der Waals surface area (Å²) in [6, 6.07) is 3.82. The van der Waals surface area contributed by atoms with E-state index in [1.807, 2.05) is 26.0 Å². The Morgan fingerprint density at radius 2 is 2.07 bits per heavy atom. The fraction of sp³-hybridized carbons (Fsp3) is 0.300. The Bertz CT molecular complexity index is 531. The highest BCUT2D eigenvalue weighted by Gasteiger charge is 2.08. The number of hydrogen-bond donors (Lipinski definition) is 1. The smallest absolute Gasteiger partial charge is 0.325 e. The average Bonchev–Trinajstić information content (AvgIpc) is 2.49. The van der Waals surface area contributed by atoms with Gasteiger partial charge in [0.1, 0.15) is 12.1 Å². The maximum absolute atomic E-state index is 10.6. The van der Waals surface area contributed by atoms with Crippen LogP contribution in [-0.2, 0) is 11.3 Å². The van der Waals surface area contributed by atoms with Crippen LogP contribution in [0.15, 0.2) is 12.1 Å². The number of benzene rings is 1. The number of aromatic nitrogens is 3. The average molecular weight is 205 g/mol. The van der Waals surface area contributed by atoms with E-state index in [1.165, 1.54) is 4.68 Å². The van der Waals surface area contributed by atoms with E-state index in [2.05, 4.69) is 10.3 Å². The SMILES string of the molecule is Cc1cc2nnn(CC(=O)O)c2cc1C. The Kier molecular flexibility index (Phi) is 2.15. The maximum Gasteiger partial charge on any atom is 0.325 e. The van der Waals surface area contributed by atoms with Crippen LogP contribution in [0.1, 0.15) is 11.1 Å². The molecule has 2 aromatic rings. The molecule has 1 N–H and O–H groups in total. The molecule has 0 atom stereocenters. The normalized spacial score (nSPS) is 10.8. The summed E-state index contributed by atoms with van der Waals surface area (Å²) >= 11 is 0. The number of hydrogen-bond acceptors (Lipinski definition) is 3. The van der Waals surface area contributed by atoms with E-state index in [1.54, 1.807) is 0 Å². The number of carbonyl (C=O) groups is 1. The van der Waals surface area contributed by atoms with Gasteiger partial charge in [-0.15, -0.1) is 5.10 Å². The van der Waals surface area contributed by atoms with Crippen LogP contribution in [-0.4, -0.2) is 26.1 Å². The van der Waals surface area contributed by atoms with E-state index in [-0.39, 0.29) is 6.54 Å². The van der Waals surface area contributed by atoms with E-state index >= 15 is 0 Å². The Morgan fingerprint density at radius 3 is 2.73 bits per heavy atom. The second-order valence-electron chi connectivity index (χ2n) is 3.57. The fourth-order valence-corrected chi connectivity index (χ4v) is 1.47. The Morgan fingerprint density at radius 1 is 1.40 bits per heavy atom. The summed E-state index contributed by atoms with van der Waals surface area (Å²) in [6.45, 7) is 3.82. The van der Waals surface area contributed by atoms with Crippen molar-refractivity contribution in [2.45, 2.75) is 20.4 Å². The zero-order valence-corrected chi connectivity index (χ0v) is 8.56. The molecule has 2 rings (SSSR count). The highest BCUT2D eigenvalue weighted by Crippen LogP contribution is 2.16. The number of fused-ring (bicyclic) bond motifs is 1. The van der Waals surface area contributed by atoms with Gasteiger partial charge in [0.25, 0.3) is 0 Å². The summed E-state index contributed by atoms with van der Waals surface area (Å²) < 4.78 is 1.39. The monoisotopic (exact) mass is 205 g/mol. The van der Waals surface area contributed by atoms with Crippen molar-refractivity contribution >= 4 is 17.0 Å². The highest BCUT2D eigenvalue weighted by atomic mass is 16.4. The van der Waals surface area contributed by atoms with Crippen LogP contribution in [0, 0.1) is 13.8 Å². The summed E-state index contributed by atoms with van der Waals surface area (Å²) in [6.07, 6.45) is 0. The summed E-state index contributed by atoms with van der Waals surface area (Å²) in [7, 11) is 0. The van der Waals surface area contributed by atoms with Crippen molar-refractivity contribution < 1.29 is 9.90 Å². The first-order valence-electron chi connectivity index (χ1n) is 4.60. The lowest BCUT2D eigenvalue weighted by atomic mass is 10.1. The second-order valence-corrected chi connectivity index (χ2v) is 3.57. The molecule has 0 spiro atoms. The molecule has 0 aliphatic carbocycles. The standard InChI is InChI=1S/C10H11N3O2/c1-6-3-8-9(4-7(6)2)13(12-11-8)5-10(14)15/h3-4H,5H2,1-2H3,(H,14,15). The van der Waals surface area contributed by atoms with Crippen molar-refractivity contribution in [2.75, 3.05) is 0 Å². The molecule has 0 fully saturated rings. The molecule has 1 aromatic carbocycles. The number of carboxylic acids is 1. The van der Waals surface area contributed by atoms with Gasteiger partial charge in [-0.05, 0) is 37.1 Å². The zero-order valence-electron chi connectivity index (χ0n) is 8.56. The van der Waals surface area contributed by atoms with Gasteiger partial charge in [0, 0.05) is 0 Å². The quantitative estimate of drug-likeness (QED) is 0.798.